The van der Waals surface area contributed by atoms with E-state index >= 15 is 0 Å². The summed E-state index contributed by atoms with van der Waals surface area (Å²) in [4.78, 5) is 37.9. The summed E-state index contributed by atoms with van der Waals surface area (Å²) in [5.74, 6) is 1.70. The molecule has 1 saturated heterocycles. The Morgan fingerprint density at radius 2 is 2.00 bits per heavy atom. The number of carbonyl (C=O) groups is 1. The summed E-state index contributed by atoms with van der Waals surface area (Å²) in [5, 5.41) is 3.12. The quantitative estimate of drug-likeness (QED) is 0.412. The van der Waals surface area contributed by atoms with Crippen molar-refractivity contribution >= 4 is 23.1 Å². The van der Waals surface area contributed by atoms with Crippen molar-refractivity contribution < 1.29 is 9.53 Å². The van der Waals surface area contributed by atoms with Gasteiger partial charge in [0.05, 0.1) is 22.9 Å². The Morgan fingerprint density at radius 3 is 2.78 bits per heavy atom. The van der Waals surface area contributed by atoms with Gasteiger partial charge in [-0.2, -0.15) is 0 Å². The number of benzene rings is 1. The molecular weight excluding hydrogens is 466 g/mol. The molecule has 2 atom stereocenters. The van der Waals surface area contributed by atoms with Crippen LogP contribution in [0.15, 0.2) is 48.1 Å². The van der Waals surface area contributed by atoms with Crippen LogP contribution in [0, 0.1) is 12.8 Å². The van der Waals surface area contributed by atoms with Gasteiger partial charge in [-0.05, 0) is 63.6 Å². The highest BCUT2D eigenvalue weighted by Crippen LogP contribution is 2.47. The third-order valence-electron chi connectivity index (χ3n) is 7.64. The number of aromatic nitrogens is 4. The summed E-state index contributed by atoms with van der Waals surface area (Å²) in [5.41, 5.74) is 4.31. The van der Waals surface area contributed by atoms with Crippen molar-refractivity contribution in [3.63, 3.8) is 0 Å². The predicted octanol–water partition coefficient (Wildman–Crippen LogP) is 4.30. The largest absolute Gasteiger partial charge is 0.381 e. The number of ether oxygens (including phenoxy) is 1. The molecule has 2 aromatic heterocycles. The van der Waals surface area contributed by atoms with E-state index in [1.165, 1.54) is 6.33 Å². The maximum absolute atomic E-state index is 13.3. The molecule has 9 nitrogen and oxygen atoms in total. The van der Waals surface area contributed by atoms with Gasteiger partial charge < -0.3 is 15.0 Å². The lowest BCUT2D eigenvalue weighted by Gasteiger charge is -2.31. The summed E-state index contributed by atoms with van der Waals surface area (Å²) >= 11 is 0. The second-order valence-corrected chi connectivity index (χ2v) is 9.88. The number of fused-ring (bicyclic) bond motifs is 1. The lowest BCUT2D eigenvalue weighted by Crippen LogP contribution is -2.39. The van der Waals surface area contributed by atoms with Crippen LogP contribution in [0.4, 0.5) is 11.4 Å². The Balaban J connectivity index is 1.59. The Kier molecular flexibility index (Phi) is 6.97. The van der Waals surface area contributed by atoms with Gasteiger partial charge in [-0.15, -0.1) is 0 Å². The first-order chi connectivity index (χ1) is 17.9. The van der Waals surface area contributed by atoms with E-state index in [2.05, 4.69) is 45.2 Å². The number of nitrogens with one attached hydrogen (secondary N) is 1. The van der Waals surface area contributed by atoms with Crippen LogP contribution in [0.5, 0.6) is 0 Å². The molecule has 1 fully saturated rings. The Morgan fingerprint density at radius 1 is 1.19 bits per heavy atom. The summed E-state index contributed by atoms with van der Waals surface area (Å²) < 4.78 is 5.69. The van der Waals surface area contributed by atoms with Gasteiger partial charge in [-0.25, -0.2) is 24.9 Å². The fraction of sp³-hybridized carbons (Fsp3) is 0.429. The van der Waals surface area contributed by atoms with E-state index in [0.29, 0.717) is 23.8 Å². The van der Waals surface area contributed by atoms with E-state index < -0.39 is 5.41 Å². The molecular formula is C28H33N7O2. The normalized spacial score (nSPS) is 21.8. The molecule has 4 heterocycles. The molecule has 192 valence electrons. The monoisotopic (exact) mass is 499 g/mol. The first-order valence-electron chi connectivity index (χ1n) is 12.8. The van der Waals surface area contributed by atoms with Crippen LogP contribution in [0.2, 0.25) is 0 Å². The van der Waals surface area contributed by atoms with Crippen LogP contribution in [-0.2, 0) is 14.9 Å². The molecule has 2 aliphatic heterocycles. The van der Waals surface area contributed by atoms with Crippen molar-refractivity contribution in [2.45, 2.75) is 45.4 Å². The van der Waals surface area contributed by atoms with Crippen LogP contribution in [0.1, 0.15) is 50.1 Å². The zero-order valence-corrected chi connectivity index (χ0v) is 21.9. The highest BCUT2D eigenvalue weighted by molar-refractivity contribution is 6.07. The van der Waals surface area contributed by atoms with Gasteiger partial charge in [0, 0.05) is 50.5 Å². The van der Waals surface area contributed by atoms with Crippen LogP contribution < -0.4 is 5.32 Å². The third kappa shape index (κ3) is 4.71. The minimum absolute atomic E-state index is 0.0544. The fourth-order valence-electron chi connectivity index (χ4n) is 5.26. The number of rotatable bonds is 5. The van der Waals surface area contributed by atoms with E-state index in [0.717, 1.165) is 60.6 Å². The minimum atomic E-state index is -0.623. The van der Waals surface area contributed by atoms with Crippen molar-refractivity contribution in [2.24, 2.45) is 10.9 Å². The summed E-state index contributed by atoms with van der Waals surface area (Å²) in [7, 11) is 1.98. The minimum Gasteiger partial charge on any atom is -0.381 e. The van der Waals surface area contributed by atoms with Crippen LogP contribution in [0.3, 0.4) is 0 Å². The number of hydrogen-bond acceptors (Lipinski definition) is 7. The Bertz CT molecular complexity index is 1320. The van der Waals surface area contributed by atoms with Crippen LogP contribution in [-0.4, -0.2) is 63.4 Å². The van der Waals surface area contributed by atoms with Crippen molar-refractivity contribution in [3.05, 3.63) is 60.1 Å². The molecule has 2 unspecified atom stereocenters. The average molecular weight is 500 g/mol. The fourth-order valence-corrected chi connectivity index (χ4v) is 5.26. The van der Waals surface area contributed by atoms with Gasteiger partial charge in [-0.1, -0.05) is 6.07 Å². The number of amidine groups is 1. The highest BCUT2D eigenvalue weighted by Gasteiger charge is 2.48. The molecule has 5 rings (SSSR count). The lowest BCUT2D eigenvalue weighted by atomic mass is 9.69. The van der Waals surface area contributed by atoms with Gasteiger partial charge in [0.1, 0.15) is 23.7 Å². The van der Waals surface area contributed by atoms with Gasteiger partial charge in [-0.3, -0.25) is 4.79 Å². The molecule has 2 aliphatic rings. The molecule has 0 bridgehead atoms. The van der Waals surface area contributed by atoms with E-state index in [1.54, 1.807) is 18.6 Å². The number of aliphatic imine (C=N–C) groups is 1. The predicted molar refractivity (Wildman–Crippen MR) is 143 cm³/mol. The van der Waals surface area contributed by atoms with Gasteiger partial charge in [0.15, 0.2) is 0 Å². The maximum atomic E-state index is 13.3. The van der Waals surface area contributed by atoms with Gasteiger partial charge in [0.25, 0.3) is 0 Å². The second-order valence-electron chi connectivity index (χ2n) is 9.88. The highest BCUT2D eigenvalue weighted by atomic mass is 16.5. The van der Waals surface area contributed by atoms with E-state index in [9.17, 15) is 4.79 Å². The standard InChI is InChI=1S/C28H33N7O2/c1-5-35(4)26(20-14-30-18(2)31-15-20)33-24-16-29-17-32-25(24)19-8-9-23-22(13-19)28(3,27(36)34-23)21-7-6-11-37-12-10-21/h8-9,13-17,21H,5-7,10-12H2,1-4H3,(H,34,36). The second kappa shape index (κ2) is 10.3. The van der Waals surface area contributed by atoms with Crippen molar-refractivity contribution in [1.29, 1.82) is 0 Å². The van der Waals surface area contributed by atoms with Crippen molar-refractivity contribution in [3.8, 4) is 11.3 Å². The van der Waals surface area contributed by atoms with E-state index in [1.807, 2.05) is 31.0 Å². The zero-order chi connectivity index (χ0) is 26.0. The van der Waals surface area contributed by atoms with Crippen molar-refractivity contribution in [2.75, 3.05) is 32.1 Å². The molecule has 37 heavy (non-hydrogen) atoms. The first kappa shape index (κ1) is 25.0. The zero-order valence-electron chi connectivity index (χ0n) is 21.9. The molecule has 1 N–H and O–H groups in total. The van der Waals surface area contributed by atoms with Crippen LogP contribution >= 0.6 is 0 Å². The number of hydrogen-bond donors (Lipinski definition) is 1. The number of anilines is 1. The van der Waals surface area contributed by atoms with Crippen LogP contribution in [0.25, 0.3) is 11.3 Å². The smallest absolute Gasteiger partial charge is 0.235 e. The number of amides is 1. The first-order valence-corrected chi connectivity index (χ1v) is 12.8. The molecule has 9 heteroatoms. The van der Waals surface area contributed by atoms with Crippen molar-refractivity contribution in [1.82, 2.24) is 24.8 Å². The summed E-state index contributed by atoms with van der Waals surface area (Å²) in [6.07, 6.45) is 9.61. The summed E-state index contributed by atoms with van der Waals surface area (Å²) in [6, 6.07) is 6.06. The topological polar surface area (TPSA) is 105 Å². The maximum Gasteiger partial charge on any atom is 0.235 e. The van der Waals surface area contributed by atoms with Gasteiger partial charge in [0.2, 0.25) is 5.91 Å². The lowest BCUT2D eigenvalue weighted by molar-refractivity contribution is -0.122. The average Bonchev–Trinajstić information content (AvgIpc) is 3.08. The van der Waals surface area contributed by atoms with E-state index in [-0.39, 0.29) is 11.8 Å². The molecule has 0 aliphatic carbocycles. The number of carbonyl (C=O) groups excluding carboxylic acids is 1. The third-order valence-corrected chi connectivity index (χ3v) is 7.64. The van der Waals surface area contributed by atoms with E-state index in [4.69, 9.17) is 9.73 Å². The SMILES string of the molecule is CCN(C)C(=Nc1cncnc1-c1ccc2c(c1)C(C)(C1CCCOCC1)C(=O)N2)c1cnc(C)nc1. The Hall–Kier alpha value is -3.72. The number of aryl methyl sites for hydroxylation is 1. The number of nitrogens with zero attached hydrogens (tertiary/aromatic N) is 6. The molecule has 0 radical (unpaired) electrons. The van der Waals surface area contributed by atoms with Gasteiger partial charge >= 0.3 is 0 Å². The molecule has 3 aromatic rings. The molecule has 0 saturated carbocycles. The molecule has 1 amide bonds. The summed E-state index contributed by atoms with van der Waals surface area (Å²) in [6.45, 7) is 8.19. The Labute approximate surface area is 217 Å². The molecule has 1 aromatic carbocycles. The molecule has 0 spiro atoms.